The van der Waals surface area contributed by atoms with Gasteiger partial charge in [0.05, 0.1) is 22.1 Å². The molecule has 5 rings (SSSR count). The van der Waals surface area contributed by atoms with E-state index in [-0.39, 0.29) is 17.9 Å². The fraction of sp³-hybridized carbons (Fsp3) is 0.429. The number of ether oxygens (including phenoxy) is 1. The normalized spacial score (nSPS) is 23.8. The topological polar surface area (TPSA) is 113 Å². The van der Waals surface area contributed by atoms with Gasteiger partial charge < -0.3 is 20.1 Å². The molecule has 1 aliphatic rings. The largest absolute Gasteiger partial charge is 0.480 e. The number of nitrogens with zero attached hydrogens (tertiary/aromatic N) is 5. The number of aliphatic hydroxyl groups is 1. The maximum Gasteiger partial charge on any atom is 0.228 e. The molecule has 30 heavy (non-hydrogen) atoms. The van der Waals surface area contributed by atoms with Crippen molar-refractivity contribution in [1.29, 1.82) is 0 Å². The number of fused-ring (bicyclic) bond motifs is 2. The lowest BCUT2D eigenvalue weighted by atomic mass is 9.84. The Morgan fingerprint density at radius 1 is 1.30 bits per heavy atom. The molecule has 0 bridgehead atoms. The Morgan fingerprint density at radius 2 is 2.13 bits per heavy atom. The second kappa shape index (κ2) is 6.94. The van der Waals surface area contributed by atoms with Crippen molar-refractivity contribution in [2.24, 2.45) is 0 Å². The average molecular weight is 410 g/mol. The Bertz CT molecular complexity index is 1320. The number of methoxy groups -OCH3 is 1. The summed E-state index contributed by atoms with van der Waals surface area (Å²) in [6.07, 6.45) is 6.50. The van der Waals surface area contributed by atoms with Crippen molar-refractivity contribution in [3.63, 3.8) is 0 Å². The minimum Gasteiger partial charge on any atom is -0.480 e. The number of hydrogen-bond acceptors (Lipinski definition) is 7. The van der Waals surface area contributed by atoms with Gasteiger partial charge in [-0.25, -0.2) is 0 Å². The van der Waals surface area contributed by atoms with E-state index in [2.05, 4.69) is 30.5 Å². The Hall–Kier alpha value is -3.20. The number of nitrogens with one attached hydrogen (secondary N) is 2. The van der Waals surface area contributed by atoms with Crippen LogP contribution in [0.2, 0.25) is 0 Å². The summed E-state index contributed by atoms with van der Waals surface area (Å²) < 4.78 is 30.0. The van der Waals surface area contributed by atoms with Gasteiger partial charge in [0.2, 0.25) is 11.8 Å². The first-order valence-corrected chi connectivity index (χ1v) is 9.97. The van der Waals surface area contributed by atoms with Gasteiger partial charge in [-0.1, -0.05) is 0 Å². The summed E-state index contributed by atoms with van der Waals surface area (Å²) in [6.45, 7) is 3.70. The van der Waals surface area contributed by atoms with E-state index in [0.717, 1.165) is 24.2 Å². The molecule has 156 valence electrons. The number of aromatic amines is 1. The maximum atomic E-state index is 10.2. The molecule has 1 saturated carbocycles. The van der Waals surface area contributed by atoms with E-state index < -0.39 is 12.6 Å². The molecular weight excluding hydrogens is 382 g/mol. The van der Waals surface area contributed by atoms with Crippen LogP contribution in [0.3, 0.4) is 0 Å². The van der Waals surface area contributed by atoms with Crippen LogP contribution in [0.25, 0.3) is 27.8 Å². The van der Waals surface area contributed by atoms with Gasteiger partial charge in [-0.15, -0.1) is 10.2 Å². The lowest BCUT2D eigenvalue weighted by Crippen LogP contribution is -2.36. The van der Waals surface area contributed by atoms with Gasteiger partial charge in [0.25, 0.3) is 0 Å². The van der Waals surface area contributed by atoms with Crippen molar-refractivity contribution >= 4 is 22.6 Å². The van der Waals surface area contributed by atoms with E-state index in [1.165, 1.54) is 0 Å². The van der Waals surface area contributed by atoms with Crippen LogP contribution in [0, 0.1) is 6.92 Å². The van der Waals surface area contributed by atoms with E-state index >= 15 is 0 Å². The van der Waals surface area contributed by atoms with Crippen LogP contribution in [0.1, 0.15) is 42.5 Å². The Kier molecular flexibility index (Phi) is 3.61. The molecule has 1 fully saturated rings. The first kappa shape index (κ1) is 15.6. The molecule has 1 aliphatic carbocycles. The zero-order valence-electron chi connectivity index (χ0n) is 19.8. The first-order valence-electron chi connectivity index (χ1n) is 11.5. The quantitative estimate of drug-likeness (QED) is 0.474. The van der Waals surface area contributed by atoms with Crippen molar-refractivity contribution in [3.05, 3.63) is 30.4 Å². The number of pyridine rings is 1. The Morgan fingerprint density at radius 3 is 2.93 bits per heavy atom. The third kappa shape index (κ3) is 3.24. The Balaban J connectivity index is 1.55. The van der Waals surface area contributed by atoms with E-state index in [1.807, 2.05) is 36.6 Å². The summed E-state index contributed by atoms with van der Waals surface area (Å²) in [5, 5.41) is 22.1. The lowest BCUT2D eigenvalue weighted by Gasteiger charge is -2.33. The molecule has 3 N–H and O–H groups in total. The van der Waals surface area contributed by atoms with Gasteiger partial charge in [-0.3, -0.25) is 4.40 Å². The van der Waals surface area contributed by atoms with E-state index in [4.69, 9.17) is 8.85 Å². The van der Waals surface area contributed by atoms with Crippen molar-refractivity contribution in [2.75, 3.05) is 12.4 Å². The molecule has 0 saturated heterocycles. The van der Waals surface area contributed by atoms with Crippen LogP contribution >= 0.6 is 0 Å². The number of aromatic nitrogens is 6. The molecule has 0 atom stereocenters. The van der Waals surface area contributed by atoms with Crippen molar-refractivity contribution in [2.45, 2.75) is 51.2 Å². The second-order valence-corrected chi connectivity index (χ2v) is 8.19. The smallest absolute Gasteiger partial charge is 0.228 e. The summed E-state index contributed by atoms with van der Waals surface area (Å²) in [4.78, 5) is 12.1. The monoisotopic (exact) mass is 410 g/mol. The first-order chi connectivity index (χ1) is 15.6. The summed E-state index contributed by atoms with van der Waals surface area (Å²) in [5.74, 6) is 0.994. The predicted octanol–water partition coefficient (Wildman–Crippen LogP) is 3.09. The van der Waals surface area contributed by atoms with Gasteiger partial charge in [0.1, 0.15) is 11.5 Å². The number of anilines is 1. The number of hydrogen-bond donors (Lipinski definition) is 3. The Labute approximate surface area is 177 Å². The molecular formula is C21H25N7O2. The van der Waals surface area contributed by atoms with Crippen molar-refractivity contribution in [3.8, 4) is 17.0 Å². The third-order valence-electron chi connectivity index (χ3n) is 5.87. The van der Waals surface area contributed by atoms with Crippen LogP contribution in [-0.2, 0) is 0 Å². The van der Waals surface area contributed by atoms with Crippen molar-refractivity contribution < 1.29 is 14.0 Å². The van der Waals surface area contributed by atoms with Crippen LogP contribution in [0.15, 0.2) is 24.5 Å². The predicted molar refractivity (Wildman–Crippen MR) is 114 cm³/mol. The van der Waals surface area contributed by atoms with Gasteiger partial charge in [0.15, 0.2) is 5.65 Å². The molecule has 9 heteroatoms. The van der Waals surface area contributed by atoms with Gasteiger partial charge in [-0.2, -0.15) is 9.97 Å². The van der Waals surface area contributed by atoms with Crippen LogP contribution in [0.5, 0.6) is 5.88 Å². The van der Waals surface area contributed by atoms with E-state index in [1.54, 1.807) is 6.20 Å². The van der Waals surface area contributed by atoms with Gasteiger partial charge >= 0.3 is 0 Å². The molecule has 0 aromatic carbocycles. The van der Waals surface area contributed by atoms with Crippen LogP contribution in [-0.4, -0.2) is 53.3 Å². The van der Waals surface area contributed by atoms with E-state index in [9.17, 15) is 5.11 Å². The van der Waals surface area contributed by atoms with Crippen LogP contribution < -0.4 is 10.1 Å². The summed E-state index contributed by atoms with van der Waals surface area (Å²) in [6, 6.07) is 3.80. The highest BCUT2D eigenvalue weighted by atomic mass is 16.5. The molecule has 0 radical (unpaired) electrons. The number of rotatable bonds is 4. The minimum atomic E-state index is -2.68. The van der Waals surface area contributed by atoms with Crippen LogP contribution in [0.4, 0.5) is 5.95 Å². The van der Waals surface area contributed by atoms with Gasteiger partial charge in [0, 0.05) is 29.6 Å². The van der Waals surface area contributed by atoms with Crippen molar-refractivity contribution in [1.82, 2.24) is 29.5 Å². The zero-order chi connectivity index (χ0) is 23.4. The summed E-state index contributed by atoms with van der Waals surface area (Å²) in [5.41, 5.74) is 2.04. The number of aryl methyl sites for hydroxylation is 1. The zero-order valence-corrected chi connectivity index (χ0v) is 16.8. The minimum absolute atomic E-state index is 0.0258. The van der Waals surface area contributed by atoms with E-state index in [0.29, 0.717) is 35.1 Å². The molecule has 0 aliphatic heterocycles. The molecule has 4 aromatic rings. The molecule has 0 unspecified atom stereocenters. The average Bonchev–Trinajstić information content (AvgIpc) is 3.32. The highest BCUT2D eigenvalue weighted by Gasteiger charge is 2.29. The fourth-order valence-corrected chi connectivity index (χ4v) is 4.10. The third-order valence-corrected chi connectivity index (χ3v) is 5.87. The molecule has 0 spiro atoms. The SMILES string of the molecule is [2H]C([2H])([2H])Oc1nc(NC2CCC(C)(O)CC2)nc2[nH]cc(-c3ccc4nnc(C)n4c3)c12. The van der Waals surface area contributed by atoms with Gasteiger partial charge in [-0.05, 0) is 51.7 Å². The molecule has 0 amide bonds. The molecule has 9 nitrogen and oxygen atoms in total. The molecule has 4 aromatic heterocycles. The maximum absolute atomic E-state index is 10.2. The second-order valence-electron chi connectivity index (χ2n) is 8.19. The number of H-pyrrole nitrogens is 1. The fourth-order valence-electron chi connectivity index (χ4n) is 4.10. The standard InChI is InChI=1S/C21H25N7O2/c1-12-26-27-16-5-4-13(11-28(12)16)15-10-22-18-17(15)19(30-3)25-20(24-18)23-14-6-8-21(2,29)9-7-14/h4-5,10-11,14,29H,6-9H2,1-3H3,(H2,22,23,24,25)/i3D3. The summed E-state index contributed by atoms with van der Waals surface area (Å²) >= 11 is 0. The molecule has 4 heterocycles. The highest BCUT2D eigenvalue weighted by molar-refractivity contribution is 5.97. The highest BCUT2D eigenvalue weighted by Crippen LogP contribution is 2.35. The lowest BCUT2D eigenvalue weighted by molar-refractivity contribution is 0.0195. The summed E-state index contributed by atoms with van der Waals surface area (Å²) in [7, 11) is -2.68.